The van der Waals surface area contributed by atoms with E-state index in [2.05, 4.69) is 47.2 Å². The summed E-state index contributed by atoms with van der Waals surface area (Å²) in [5.74, 6) is 0.0797. The predicted octanol–water partition coefficient (Wildman–Crippen LogP) is 5.95. The number of benzene rings is 1. The summed E-state index contributed by atoms with van der Waals surface area (Å²) >= 11 is 3.40. The number of halogens is 2. The molecule has 0 unspecified atom stereocenters. The third kappa shape index (κ3) is 5.43. The van der Waals surface area contributed by atoms with E-state index in [1.807, 2.05) is 39.8 Å². The molecule has 1 saturated heterocycles. The number of imidazole rings is 1. The van der Waals surface area contributed by atoms with E-state index in [0.29, 0.717) is 52.0 Å². The Morgan fingerprint density at radius 3 is 2.74 bits per heavy atom. The fourth-order valence-corrected chi connectivity index (χ4v) is 5.37. The van der Waals surface area contributed by atoms with Gasteiger partial charge in [-0.25, -0.2) is 19.2 Å². The number of hydrogen-bond acceptors (Lipinski definition) is 7. The molecular formula is C28H27BrFN7O2. The molecule has 1 aliphatic heterocycles. The number of ether oxygens (including phenoxy) is 1. The minimum atomic E-state index is -0.623. The SMILES string of the molecule is CC(C)(C)OC(=O)N[C@@]1(C)CCN(c2c(-c3nc4c(Br)cc(F)cc4[nH]3)cnc(C#N)c2-c2ccncc2)C1. The summed E-state index contributed by atoms with van der Waals surface area (Å²) in [4.78, 5) is 31.3. The number of carbonyl (C=O) groups excluding carboxylic acids is 1. The van der Waals surface area contributed by atoms with Crippen LogP contribution in [0.5, 0.6) is 0 Å². The molecule has 9 nitrogen and oxygen atoms in total. The number of hydrogen-bond donors (Lipinski definition) is 2. The summed E-state index contributed by atoms with van der Waals surface area (Å²) in [7, 11) is 0. The molecule has 0 bridgehead atoms. The number of amides is 1. The van der Waals surface area contributed by atoms with Crippen molar-refractivity contribution in [2.75, 3.05) is 18.0 Å². The maximum atomic E-state index is 14.1. The van der Waals surface area contributed by atoms with Crippen LogP contribution in [0, 0.1) is 17.1 Å². The van der Waals surface area contributed by atoms with Gasteiger partial charge >= 0.3 is 6.09 Å². The van der Waals surface area contributed by atoms with Crippen molar-refractivity contribution in [3.8, 4) is 28.6 Å². The Hall–Kier alpha value is -4.04. The number of alkyl carbamates (subject to hydrolysis) is 1. The van der Waals surface area contributed by atoms with E-state index in [9.17, 15) is 14.4 Å². The van der Waals surface area contributed by atoms with Crippen LogP contribution in [-0.4, -0.2) is 50.3 Å². The van der Waals surface area contributed by atoms with Crippen LogP contribution in [0.25, 0.3) is 33.5 Å². The molecule has 5 rings (SSSR count). The van der Waals surface area contributed by atoms with E-state index in [1.54, 1.807) is 18.6 Å². The zero-order valence-corrected chi connectivity index (χ0v) is 23.6. The molecule has 0 spiro atoms. The summed E-state index contributed by atoms with van der Waals surface area (Å²) in [6.45, 7) is 8.47. The number of rotatable bonds is 4. The monoisotopic (exact) mass is 591 g/mol. The lowest BCUT2D eigenvalue weighted by Gasteiger charge is -2.30. The van der Waals surface area contributed by atoms with Crippen molar-refractivity contribution in [3.05, 3.63) is 58.8 Å². The molecule has 4 aromatic rings. The smallest absolute Gasteiger partial charge is 0.408 e. The summed E-state index contributed by atoms with van der Waals surface area (Å²) < 4.78 is 20.2. The van der Waals surface area contributed by atoms with Gasteiger partial charge in [0.15, 0.2) is 0 Å². The molecule has 0 aliphatic carbocycles. The molecule has 200 valence electrons. The minimum absolute atomic E-state index is 0.247. The number of anilines is 1. The van der Waals surface area contributed by atoms with Crippen LogP contribution >= 0.6 is 15.9 Å². The minimum Gasteiger partial charge on any atom is -0.444 e. The van der Waals surface area contributed by atoms with Crippen molar-refractivity contribution in [1.29, 1.82) is 5.26 Å². The molecule has 3 aromatic heterocycles. The van der Waals surface area contributed by atoms with Gasteiger partial charge in [-0.15, -0.1) is 0 Å². The van der Waals surface area contributed by atoms with E-state index in [-0.39, 0.29) is 5.69 Å². The van der Waals surface area contributed by atoms with Crippen LogP contribution in [0.2, 0.25) is 0 Å². The van der Waals surface area contributed by atoms with Gasteiger partial charge in [-0.2, -0.15) is 5.26 Å². The van der Waals surface area contributed by atoms with Crippen molar-refractivity contribution in [3.63, 3.8) is 0 Å². The second-order valence-electron chi connectivity index (χ2n) is 10.8. The number of aromatic nitrogens is 4. The number of carbonyl (C=O) groups is 1. The van der Waals surface area contributed by atoms with E-state index < -0.39 is 23.1 Å². The molecule has 4 heterocycles. The number of pyridine rings is 2. The van der Waals surface area contributed by atoms with E-state index >= 15 is 0 Å². The summed E-state index contributed by atoms with van der Waals surface area (Å²) in [5.41, 5.74) is 2.90. The van der Waals surface area contributed by atoms with E-state index in [1.165, 1.54) is 12.1 Å². The lowest BCUT2D eigenvalue weighted by atomic mass is 9.98. The second-order valence-corrected chi connectivity index (χ2v) is 11.7. The lowest BCUT2D eigenvalue weighted by Crippen LogP contribution is -2.49. The summed E-state index contributed by atoms with van der Waals surface area (Å²) in [6, 6.07) is 8.62. The first-order chi connectivity index (χ1) is 18.5. The number of nitriles is 1. The molecule has 2 N–H and O–H groups in total. The molecule has 1 atom stereocenters. The van der Waals surface area contributed by atoms with Crippen LogP contribution in [0.1, 0.15) is 39.8 Å². The Bertz CT molecular complexity index is 1610. The van der Waals surface area contributed by atoms with E-state index in [4.69, 9.17) is 9.72 Å². The molecule has 11 heteroatoms. The van der Waals surface area contributed by atoms with Gasteiger partial charge in [-0.3, -0.25) is 4.98 Å². The molecule has 1 aromatic carbocycles. The Labute approximate surface area is 233 Å². The lowest BCUT2D eigenvalue weighted by molar-refractivity contribution is 0.0473. The van der Waals surface area contributed by atoms with Crippen LogP contribution in [0.3, 0.4) is 0 Å². The Kier molecular flexibility index (Phi) is 6.76. The van der Waals surface area contributed by atoms with Crippen molar-refractivity contribution in [1.82, 2.24) is 25.3 Å². The topological polar surface area (TPSA) is 120 Å². The average molecular weight is 592 g/mol. The zero-order valence-electron chi connectivity index (χ0n) is 22.0. The Morgan fingerprint density at radius 2 is 2.05 bits per heavy atom. The van der Waals surface area contributed by atoms with Gasteiger partial charge < -0.3 is 19.9 Å². The first kappa shape index (κ1) is 26.6. The van der Waals surface area contributed by atoms with E-state index in [0.717, 1.165) is 11.3 Å². The van der Waals surface area contributed by atoms with Crippen molar-refractivity contribution < 1.29 is 13.9 Å². The summed E-state index contributed by atoms with van der Waals surface area (Å²) in [6.07, 6.45) is 5.08. The molecule has 39 heavy (non-hydrogen) atoms. The largest absolute Gasteiger partial charge is 0.444 e. The standard InChI is InChI=1S/C28H27BrFN7O2/c1-27(2,3)39-26(38)36-28(4)7-10-37(15-28)24-18(25-34-20-12-17(30)11-19(29)23(20)35-25)14-33-21(13-31)22(24)16-5-8-32-9-6-16/h5-6,8-9,11-12,14H,7,10,15H2,1-4H3,(H,34,35)(H,36,38)/t28-/m0/s1. The third-order valence-corrected chi connectivity index (χ3v) is 7.08. The molecule has 1 fully saturated rings. The average Bonchev–Trinajstić information content (AvgIpc) is 3.46. The number of aromatic amines is 1. The number of H-pyrrole nitrogens is 1. The normalized spacial score (nSPS) is 17.3. The maximum absolute atomic E-state index is 14.1. The quantitative estimate of drug-likeness (QED) is 0.300. The highest BCUT2D eigenvalue weighted by Crippen LogP contribution is 2.43. The fraction of sp³-hybridized carbons (Fsp3) is 0.321. The van der Waals surface area contributed by atoms with Gasteiger partial charge in [0.25, 0.3) is 0 Å². The number of nitrogens with zero attached hydrogens (tertiary/aromatic N) is 5. The van der Waals surface area contributed by atoms with Crippen LogP contribution in [0.15, 0.2) is 47.3 Å². The van der Waals surface area contributed by atoms with Crippen molar-refractivity contribution in [2.45, 2.75) is 45.3 Å². The zero-order chi connectivity index (χ0) is 27.9. The highest BCUT2D eigenvalue weighted by molar-refractivity contribution is 9.10. The van der Waals surface area contributed by atoms with Crippen molar-refractivity contribution in [2.24, 2.45) is 0 Å². The van der Waals surface area contributed by atoms with Crippen LogP contribution in [0.4, 0.5) is 14.9 Å². The molecule has 1 amide bonds. The second kappa shape index (κ2) is 9.93. The number of nitrogens with one attached hydrogen (secondary N) is 2. The van der Waals surface area contributed by atoms with Gasteiger partial charge in [-0.1, -0.05) is 0 Å². The molecule has 1 aliphatic rings. The Morgan fingerprint density at radius 1 is 1.31 bits per heavy atom. The highest BCUT2D eigenvalue weighted by atomic mass is 79.9. The van der Waals surface area contributed by atoms with Gasteiger partial charge in [-0.05, 0) is 79.9 Å². The maximum Gasteiger partial charge on any atom is 0.408 e. The molecule has 0 saturated carbocycles. The molecular weight excluding hydrogens is 565 g/mol. The van der Waals surface area contributed by atoms with Crippen molar-refractivity contribution >= 4 is 38.7 Å². The van der Waals surface area contributed by atoms with Crippen LogP contribution < -0.4 is 10.2 Å². The predicted molar refractivity (Wildman–Crippen MR) is 150 cm³/mol. The van der Waals surface area contributed by atoms with Gasteiger partial charge in [0, 0.05) is 41.7 Å². The summed E-state index contributed by atoms with van der Waals surface area (Å²) in [5, 5.41) is 13.1. The molecule has 0 radical (unpaired) electrons. The van der Waals surface area contributed by atoms with Gasteiger partial charge in [0.1, 0.15) is 34.5 Å². The highest BCUT2D eigenvalue weighted by Gasteiger charge is 2.39. The van der Waals surface area contributed by atoms with Gasteiger partial charge in [0.2, 0.25) is 0 Å². The number of fused-ring (bicyclic) bond motifs is 1. The first-order valence-electron chi connectivity index (χ1n) is 12.4. The fourth-order valence-electron chi connectivity index (χ4n) is 4.85. The third-order valence-electron chi connectivity index (χ3n) is 6.48. The first-order valence-corrected chi connectivity index (χ1v) is 13.2. The van der Waals surface area contributed by atoms with Gasteiger partial charge in [0.05, 0.1) is 22.3 Å². The Balaban J connectivity index is 1.65. The van der Waals surface area contributed by atoms with Crippen LogP contribution in [-0.2, 0) is 4.74 Å².